The first-order valence-electron chi connectivity index (χ1n) is 8.88. The highest BCUT2D eigenvalue weighted by atomic mass is 16.3. The maximum absolute atomic E-state index is 12.8. The van der Waals surface area contributed by atoms with Gasteiger partial charge in [-0.1, -0.05) is 24.3 Å². The van der Waals surface area contributed by atoms with Crippen molar-refractivity contribution in [3.8, 4) is 22.7 Å². The molecule has 1 aromatic carbocycles. The van der Waals surface area contributed by atoms with Gasteiger partial charge in [-0.3, -0.25) is 14.2 Å². The number of anilines is 1. The van der Waals surface area contributed by atoms with Crippen LogP contribution in [-0.2, 0) is 7.05 Å². The lowest BCUT2D eigenvalue weighted by Crippen LogP contribution is -2.25. The van der Waals surface area contributed by atoms with Crippen LogP contribution in [0.4, 0.5) is 5.95 Å². The Morgan fingerprint density at radius 3 is 2.76 bits per heavy atom. The number of hydrogen-bond donors (Lipinski definition) is 1. The summed E-state index contributed by atoms with van der Waals surface area (Å²) in [5.41, 5.74) is 1.89. The average molecular weight is 387 g/mol. The molecule has 0 saturated heterocycles. The predicted molar refractivity (Wildman–Crippen MR) is 107 cm³/mol. The number of benzene rings is 1. The molecule has 29 heavy (non-hydrogen) atoms. The topological polar surface area (TPSA) is 103 Å². The summed E-state index contributed by atoms with van der Waals surface area (Å²) in [5, 5.41) is 2.96. The Bertz CT molecular complexity index is 1200. The number of nitrogens with one attached hydrogen (secondary N) is 1. The van der Waals surface area contributed by atoms with Crippen LogP contribution in [0, 0.1) is 0 Å². The summed E-state index contributed by atoms with van der Waals surface area (Å²) < 4.78 is 6.77. The largest absolute Gasteiger partial charge is 0.464 e. The fourth-order valence-corrected chi connectivity index (χ4v) is 2.90. The first-order valence-corrected chi connectivity index (χ1v) is 8.88. The van der Waals surface area contributed by atoms with E-state index < -0.39 is 0 Å². The molecule has 0 fully saturated rings. The standard InChI is InChI=1S/C21H17N5O3/c1-26-20(28)11-17(16-8-9-22-13-24-16)25-21(26)23-12-18(27)14-5-2-3-6-15(14)19-7-4-10-29-19/h2-11,13H,12H2,1H3,(H,23,25). The van der Waals surface area contributed by atoms with Crippen LogP contribution in [0.25, 0.3) is 22.7 Å². The molecule has 3 aromatic heterocycles. The fourth-order valence-electron chi connectivity index (χ4n) is 2.90. The van der Waals surface area contributed by atoms with E-state index in [1.807, 2.05) is 12.1 Å². The van der Waals surface area contributed by atoms with Crippen LogP contribution in [0.5, 0.6) is 0 Å². The van der Waals surface area contributed by atoms with E-state index in [9.17, 15) is 9.59 Å². The highest BCUT2D eigenvalue weighted by molar-refractivity contribution is 6.04. The summed E-state index contributed by atoms with van der Waals surface area (Å²) in [5.74, 6) is 0.735. The van der Waals surface area contributed by atoms with Crippen molar-refractivity contribution >= 4 is 11.7 Å². The van der Waals surface area contributed by atoms with Crippen molar-refractivity contribution in [1.29, 1.82) is 0 Å². The molecule has 144 valence electrons. The second-order valence-corrected chi connectivity index (χ2v) is 6.26. The lowest BCUT2D eigenvalue weighted by molar-refractivity contribution is 0.101. The summed E-state index contributed by atoms with van der Waals surface area (Å²) >= 11 is 0. The molecule has 0 amide bonds. The Kier molecular flexibility index (Phi) is 4.98. The monoisotopic (exact) mass is 387 g/mol. The molecule has 0 unspecified atom stereocenters. The molecule has 8 heteroatoms. The zero-order chi connectivity index (χ0) is 20.2. The zero-order valence-corrected chi connectivity index (χ0v) is 15.6. The van der Waals surface area contributed by atoms with E-state index in [0.717, 1.165) is 0 Å². The maximum atomic E-state index is 12.8. The van der Waals surface area contributed by atoms with Crippen molar-refractivity contribution in [1.82, 2.24) is 19.5 Å². The molecule has 4 aromatic rings. The first kappa shape index (κ1) is 18.3. The van der Waals surface area contributed by atoms with Gasteiger partial charge in [-0.05, 0) is 18.2 Å². The molecule has 0 bridgehead atoms. The number of ketones is 1. The maximum Gasteiger partial charge on any atom is 0.255 e. The molecule has 4 rings (SSSR count). The first-order chi connectivity index (χ1) is 14.1. The molecule has 0 aliphatic rings. The van der Waals surface area contributed by atoms with E-state index in [0.29, 0.717) is 28.3 Å². The Morgan fingerprint density at radius 1 is 1.14 bits per heavy atom. The smallest absolute Gasteiger partial charge is 0.255 e. The van der Waals surface area contributed by atoms with Gasteiger partial charge in [0.05, 0.1) is 24.2 Å². The van der Waals surface area contributed by atoms with Gasteiger partial charge >= 0.3 is 0 Å². The number of carbonyl (C=O) groups excluding carboxylic acids is 1. The predicted octanol–water partition coefficient (Wildman–Crippen LogP) is 2.79. The summed E-state index contributed by atoms with van der Waals surface area (Å²) in [6.07, 6.45) is 4.52. The van der Waals surface area contributed by atoms with E-state index in [2.05, 4.69) is 20.3 Å². The summed E-state index contributed by atoms with van der Waals surface area (Å²) in [7, 11) is 1.59. The molecular weight excluding hydrogens is 370 g/mol. The quantitative estimate of drug-likeness (QED) is 0.507. The van der Waals surface area contributed by atoms with Crippen molar-refractivity contribution in [2.75, 3.05) is 11.9 Å². The molecule has 0 saturated carbocycles. The SMILES string of the molecule is Cn1c(NCC(=O)c2ccccc2-c2ccco2)nc(-c2ccncn2)cc1=O. The molecule has 0 atom stereocenters. The van der Waals surface area contributed by atoms with Gasteiger partial charge in [-0.15, -0.1) is 0 Å². The average Bonchev–Trinajstić information content (AvgIpc) is 3.30. The third kappa shape index (κ3) is 3.81. The van der Waals surface area contributed by atoms with E-state index in [1.165, 1.54) is 17.0 Å². The second kappa shape index (κ2) is 7.89. The van der Waals surface area contributed by atoms with Gasteiger partial charge in [0.25, 0.3) is 5.56 Å². The number of hydrogen-bond acceptors (Lipinski definition) is 7. The van der Waals surface area contributed by atoms with Crippen LogP contribution in [0.3, 0.4) is 0 Å². The van der Waals surface area contributed by atoms with Gasteiger partial charge in [-0.25, -0.2) is 15.0 Å². The van der Waals surface area contributed by atoms with Crippen molar-refractivity contribution in [2.24, 2.45) is 7.05 Å². The van der Waals surface area contributed by atoms with Crippen molar-refractivity contribution in [3.63, 3.8) is 0 Å². The van der Waals surface area contributed by atoms with Crippen LogP contribution in [0.15, 0.2) is 76.5 Å². The minimum atomic E-state index is -0.264. The fraction of sp³-hybridized carbons (Fsp3) is 0.0952. The van der Waals surface area contributed by atoms with E-state index in [4.69, 9.17) is 4.42 Å². The second-order valence-electron chi connectivity index (χ2n) is 6.26. The Balaban J connectivity index is 1.60. The summed E-state index contributed by atoms with van der Waals surface area (Å²) in [6.45, 7) is -0.0365. The number of nitrogens with zero attached hydrogens (tertiary/aromatic N) is 4. The van der Waals surface area contributed by atoms with Crippen molar-refractivity contribution in [3.05, 3.63) is 83.2 Å². The molecular formula is C21H17N5O3. The number of carbonyl (C=O) groups is 1. The minimum absolute atomic E-state index is 0.0365. The van der Waals surface area contributed by atoms with Crippen molar-refractivity contribution < 1.29 is 9.21 Å². The third-order valence-corrected chi connectivity index (χ3v) is 4.40. The van der Waals surface area contributed by atoms with E-state index in [1.54, 1.807) is 49.8 Å². The summed E-state index contributed by atoms with van der Waals surface area (Å²) in [4.78, 5) is 37.6. The number of rotatable bonds is 6. The lowest BCUT2D eigenvalue weighted by Gasteiger charge is -2.12. The number of aromatic nitrogens is 4. The lowest BCUT2D eigenvalue weighted by atomic mass is 10.0. The van der Waals surface area contributed by atoms with Crippen LogP contribution in [0.1, 0.15) is 10.4 Å². The summed E-state index contributed by atoms with van der Waals surface area (Å²) in [6, 6.07) is 13.8. The molecule has 0 radical (unpaired) electrons. The molecule has 1 N–H and O–H groups in total. The van der Waals surface area contributed by atoms with Crippen LogP contribution in [-0.4, -0.2) is 31.8 Å². The minimum Gasteiger partial charge on any atom is -0.464 e. The Hall–Kier alpha value is -4.07. The highest BCUT2D eigenvalue weighted by Gasteiger charge is 2.15. The van der Waals surface area contributed by atoms with Crippen LogP contribution in [0.2, 0.25) is 0 Å². The van der Waals surface area contributed by atoms with Gasteiger partial charge < -0.3 is 9.73 Å². The van der Waals surface area contributed by atoms with Crippen LogP contribution < -0.4 is 10.9 Å². The van der Waals surface area contributed by atoms with Gasteiger partial charge in [0.1, 0.15) is 12.1 Å². The zero-order valence-electron chi connectivity index (χ0n) is 15.6. The van der Waals surface area contributed by atoms with Crippen LogP contribution >= 0.6 is 0 Å². The van der Waals surface area contributed by atoms with Gasteiger partial charge in [-0.2, -0.15) is 0 Å². The molecule has 3 heterocycles. The number of furan rings is 1. The normalized spacial score (nSPS) is 10.7. The molecule has 0 aliphatic heterocycles. The third-order valence-electron chi connectivity index (χ3n) is 4.40. The van der Waals surface area contributed by atoms with Gasteiger partial charge in [0.2, 0.25) is 5.95 Å². The van der Waals surface area contributed by atoms with Gasteiger partial charge in [0, 0.05) is 30.4 Å². The Labute approximate surface area is 165 Å². The highest BCUT2D eigenvalue weighted by Crippen LogP contribution is 2.24. The van der Waals surface area contributed by atoms with E-state index >= 15 is 0 Å². The number of Topliss-reactive ketones (excluding diaryl/α,β-unsaturated/α-hetero) is 1. The van der Waals surface area contributed by atoms with E-state index in [-0.39, 0.29) is 23.8 Å². The molecule has 8 nitrogen and oxygen atoms in total. The molecule has 0 aliphatic carbocycles. The molecule has 0 spiro atoms. The van der Waals surface area contributed by atoms with Gasteiger partial charge in [0.15, 0.2) is 5.78 Å². The van der Waals surface area contributed by atoms with Crippen molar-refractivity contribution in [2.45, 2.75) is 0 Å². The Morgan fingerprint density at radius 2 is 2.00 bits per heavy atom.